The number of isocyanates is 1. The molecule has 0 bridgehead atoms. The van der Waals surface area contributed by atoms with E-state index in [4.69, 9.17) is 0 Å². The van der Waals surface area contributed by atoms with Crippen LogP contribution in [0.1, 0.15) is 0 Å². The lowest BCUT2D eigenvalue weighted by molar-refractivity contribution is 0.563. The van der Waals surface area contributed by atoms with Gasteiger partial charge in [-0.05, 0) is 0 Å². The zero-order valence-electron chi connectivity index (χ0n) is 4.62. The molecule has 0 saturated carbocycles. The first-order valence-corrected chi connectivity index (χ1v) is 5.61. The Morgan fingerprint density at radius 2 is 2.10 bits per heavy atom. The maximum Gasteiger partial charge on any atom is 0.277 e. The summed E-state index contributed by atoms with van der Waals surface area (Å²) < 4.78 is 23.1. The van der Waals surface area contributed by atoms with Gasteiger partial charge in [0.05, 0.1) is 0 Å². The maximum atomic E-state index is 10.7. The minimum atomic E-state index is -3.69. The molecule has 0 rings (SSSR count). The van der Waals surface area contributed by atoms with Crippen molar-refractivity contribution in [1.82, 2.24) is 0 Å². The summed E-state index contributed by atoms with van der Waals surface area (Å²) in [5, 5.41) is 0.181. The van der Waals surface area contributed by atoms with Crippen molar-refractivity contribution in [3.63, 3.8) is 0 Å². The second-order valence-electron chi connectivity index (χ2n) is 1.26. The summed E-state index contributed by atoms with van der Waals surface area (Å²) in [5.41, 5.74) is 0. The van der Waals surface area contributed by atoms with E-state index in [1.54, 1.807) is 0 Å². The summed E-state index contributed by atoms with van der Waals surface area (Å²) in [5.74, 6) is 0. The second-order valence-corrected chi connectivity index (χ2v) is 5.40. The third kappa shape index (κ3) is 2.92. The molecule has 0 spiro atoms. The van der Waals surface area contributed by atoms with Crippen LogP contribution < -0.4 is 0 Å². The van der Waals surface area contributed by atoms with Crippen molar-refractivity contribution in [3.8, 4) is 0 Å². The number of carbonyl (C=O) groups excluding carboxylic acids is 1. The predicted octanol–water partition coefficient (Wildman–Crippen LogP) is 0.768. The molecule has 0 saturated heterocycles. The molecule has 58 valence electrons. The highest BCUT2D eigenvalue weighted by atomic mass is 79.9. The molecule has 1 unspecified atom stereocenters. The molecule has 0 N–H and O–H groups in total. The zero-order valence-corrected chi connectivity index (χ0v) is 8.61. The monoisotopic (exact) mass is 291 g/mol. The second kappa shape index (κ2) is 4.23. The molecule has 10 heavy (non-hydrogen) atoms. The molecule has 4 nitrogen and oxygen atoms in total. The van der Waals surface area contributed by atoms with E-state index in [2.05, 4.69) is 36.3 Å². The van der Waals surface area contributed by atoms with Crippen LogP contribution in [0.4, 0.5) is 0 Å². The summed E-state index contributed by atoms with van der Waals surface area (Å²) in [6.45, 7) is 0. The van der Waals surface area contributed by atoms with Crippen LogP contribution in [0.25, 0.3) is 0 Å². The Balaban J connectivity index is 4.58. The number of nitrogens with zero attached hydrogens (tertiary/aromatic N) is 1. The van der Waals surface area contributed by atoms with E-state index in [9.17, 15) is 13.2 Å². The molecular weight excluding hydrogens is 290 g/mol. The Hall–Kier alpha value is 0.290. The summed E-state index contributed by atoms with van der Waals surface area (Å²) in [7, 11) is -3.69. The molecule has 0 aliphatic heterocycles. The fourth-order valence-electron chi connectivity index (χ4n) is 0.189. The summed E-state index contributed by atoms with van der Waals surface area (Å²) in [4.78, 5) is 9.53. The van der Waals surface area contributed by atoms with E-state index in [1.807, 2.05) is 0 Å². The Labute approximate surface area is 75.0 Å². The van der Waals surface area contributed by atoms with Gasteiger partial charge < -0.3 is 0 Å². The minimum absolute atomic E-state index is 0.181. The third-order valence-corrected chi connectivity index (χ3v) is 5.44. The normalized spacial score (nSPS) is 13.8. The van der Waals surface area contributed by atoms with Gasteiger partial charge in [-0.1, -0.05) is 36.3 Å². The van der Waals surface area contributed by atoms with Gasteiger partial charge in [0.1, 0.15) is 4.16 Å². The molecule has 0 heterocycles. The molecule has 0 amide bonds. The number of halogens is 2. The molecule has 0 aliphatic rings. The molecule has 0 fully saturated rings. The van der Waals surface area contributed by atoms with E-state index in [-0.39, 0.29) is 5.33 Å². The van der Waals surface area contributed by atoms with Gasteiger partial charge in [0.2, 0.25) is 0 Å². The lowest BCUT2D eigenvalue weighted by Gasteiger charge is -1.98. The van der Waals surface area contributed by atoms with Gasteiger partial charge in [-0.25, -0.2) is 13.2 Å². The smallest absolute Gasteiger partial charge is 0.210 e. The molecule has 7 heteroatoms. The van der Waals surface area contributed by atoms with Gasteiger partial charge in [-0.15, -0.1) is 0 Å². The average Bonchev–Trinajstić information content (AvgIpc) is 1.86. The maximum absolute atomic E-state index is 10.7. The van der Waals surface area contributed by atoms with Crippen LogP contribution in [0, 0.1) is 0 Å². The van der Waals surface area contributed by atoms with Crippen molar-refractivity contribution in [1.29, 1.82) is 0 Å². The van der Waals surface area contributed by atoms with Crippen LogP contribution in [-0.4, -0.2) is 24.0 Å². The number of hydrogen-bond donors (Lipinski definition) is 0. The van der Waals surface area contributed by atoms with Gasteiger partial charge >= 0.3 is 0 Å². The molecule has 0 aromatic rings. The topological polar surface area (TPSA) is 63.6 Å². The van der Waals surface area contributed by atoms with Crippen molar-refractivity contribution < 1.29 is 13.2 Å². The highest BCUT2D eigenvalue weighted by Gasteiger charge is 2.19. The number of rotatable bonds is 3. The van der Waals surface area contributed by atoms with Gasteiger partial charge in [-0.2, -0.15) is 0 Å². The SMILES string of the molecule is O=C=NS(=O)(=O)C(Br)CBr. The Morgan fingerprint density at radius 3 is 2.40 bits per heavy atom. The highest BCUT2D eigenvalue weighted by molar-refractivity contribution is 9.13. The summed E-state index contributed by atoms with van der Waals surface area (Å²) >= 11 is 5.70. The average molecular weight is 293 g/mol. The Kier molecular flexibility index (Phi) is 4.35. The quantitative estimate of drug-likeness (QED) is 0.438. The predicted molar refractivity (Wildman–Crippen MR) is 43.6 cm³/mol. The molecule has 0 aliphatic carbocycles. The standard InChI is InChI=1S/C3H3Br2NO3S/c4-1-3(5)10(8,9)6-2-7/h3H,1H2. The van der Waals surface area contributed by atoms with Crippen molar-refractivity contribution in [2.75, 3.05) is 5.33 Å². The van der Waals surface area contributed by atoms with Crippen LogP contribution >= 0.6 is 31.9 Å². The summed E-state index contributed by atoms with van der Waals surface area (Å²) in [6, 6.07) is 0. The molecular formula is C3H3Br2NO3S. The molecule has 1 atom stereocenters. The molecule has 0 radical (unpaired) electrons. The fraction of sp³-hybridized carbons (Fsp3) is 0.667. The third-order valence-electron chi connectivity index (χ3n) is 0.609. The van der Waals surface area contributed by atoms with E-state index in [0.29, 0.717) is 0 Å². The van der Waals surface area contributed by atoms with E-state index in [1.165, 1.54) is 0 Å². The fourth-order valence-corrected chi connectivity index (χ4v) is 1.82. The Bertz CT molecular complexity index is 242. The first-order chi connectivity index (χ1) is 4.54. The van der Waals surface area contributed by atoms with Crippen LogP contribution in [0.2, 0.25) is 0 Å². The van der Waals surface area contributed by atoms with Gasteiger partial charge in [0.25, 0.3) is 16.1 Å². The van der Waals surface area contributed by atoms with Crippen molar-refractivity contribution in [2.45, 2.75) is 4.16 Å². The van der Waals surface area contributed by atoms with Gasteiger partial charge in [-0.3, -0.25) is 0 Å². The number of alkyl halides is 2. The van der Waals surface area contributed by atoms with Crippen LogP contribution in [0.3, 0.4) is 0 Å². The first kappa shape index (κ1) is 10.3. The first-order valence-electron chi connectivity index (χ1n) is 2.07. The number of sulfonamides is 1. The molecule has 0 aromatic heterocycles. The van der Waals surface area contributed by atoms with E-state index >= 15 is 0 Å². The van der Waals surface area contributed by atoms with Crippen molar-refractivity contribution in [2.24, 2.45) is 4.40 Å². The van der Waals surface area contributed by atoms with Gasteiger partial charge in [0, 0.05) is 5.33 Å². The largest absolute Gasteiger partial charge is 0.277 e. The van der Waals surface area contributed by atoms with Crippen LogP contribution in [-0.2, 0) is 14.8 Å². The highest BCUT2D eigenvalue weighted by Crippen LogP contribution is 2.12. The minimum Gasteiger partial charge on any atom is -0.210 e. The van der Waals surface area contributed by atoms with E-state index in [0.717, 1.165) is 6.08 Å². The van der Waals surface area contributed by atoms with Crippen LogP contribution in [0.15, 0.2) is 4.40 Å². The lowest BCUT2D eigenvalue weighted by Crippen LogP contribution is -2.12. The molecule has 0 aromatic carbocycles. The Morgan fingerprint density at radius 1 is 1.60 bits per heavy atom. The van der Waals surface area contributed by atoms with E-state index < -0.39 is 14.2 Å². The van der Waals surface area contributed by atoms with Crippen molar-refractivity contribution >= 4 is 48.0 Å². The number of hydrogen-bond acceptors (Lipinski definition) is 3. The zero-order chi connectivity index (χ0) is 8.20. The van der Waals surface area contributed by atoms with Gasteiger partial charge in [0.15, 0.2) is 0 Å². The van der Waals surface area contributed by atoms with Crippen LogP contribution in [0.5, 0.6) is 0 Å². The summed E-state index contributed by atoms with van der Waals surface area (Å²) in [6.07, 6.45) is 0.959. The lowest BCUT2D eigenvalue weighted by atomic mass is 11.0. The van der Waals surface area contributed by atoms with Crippen molar-refractivity contribution in [3.05, 3.63) is 0 Å².